The quantitative estimate of drug-likeness (QED) is 0.488. The van der Waals surface area contributed by atoms with Crippen LogP contribution in [-0.2, 0) is 0 Å². The first-order chi connectivity index (χ1) is 7.24. The molecule has 0 spiro atoms. The minimum Gasteiger partial charge on any atom is -0.293 e. The SMILES string of the molecule is CCCCCCCC(=O)c1ccc(C)s1. The molecule has 15 heavy (non-hydrogen) atoms. The van der Waals surface area contributed by atoms with Crippen molar-refractivity contribution in [3.05, 3.63) is 21.9 Å². The van der Waals surface area contributed by atoms with Crippen LogP contribution in [0.15, 0.2) is 12.1 Å². The van der Waals surface area contributed by atoms with E-state index in [1.807, 2.05) is 19.1 Å². The van der Waals surface area contributed by atoms with Crippen LogP contribution < -0.4 is 0 Å². The van der Waals surface area contributed by atoms with Crippen LogP contribution in [0.1, 0.15) is 60.0 Å². The fraction of sp³-hybridized carbons (Fsp3) is 0.615. The summed E-state index contributed by atoms with van der Waals surface area (Å²) in [5.74, 6) is 0.324. The molecule has 0 aromatic carbocycles. The van der Waals surface area contributed by atoms with Gasteiger partial charge in [-0.15, -0.1) is 11.3 Å². The van der Waals surface area contributed by atoms with E-state index in [0.29, 0.717) is 5.78 Å². The van der Waals surface area contributed by atoms with Crippen molar-refractivity contribution >= 4 is 17.1 Å². The first kappa shape index (κ1) is 12.4. The highest BCUT2D eigenvalue weighted by Crippen LogP contribution is 2.18. The van der Waals surface area contributed by atoms with Crippen LogP contribution in [0.3, 0.4) is 0 Å². The first-order valence-electron chi connectivity index (χ1n) is 5.83. The van der Waals surface area contributed by atoms with E-state index in [1.165, 1.54) is 30.6 Å². The molecule has 0 atom stereocenters. The van der Waals surface area contributed by atoms with Crippen molar-refractivity contribution in [3.8, 4) is 0 Å². The van der Waals surface area contributed by atoms with E-state index in [2.05, 4.69) is 6.92 Å². The molecule has 1 heterocycles. The smallest absolute Gasteiger partial charge is 0.172 e. The summed E-state index contributed by atoms with van der Waals surface area (Å²) in [5, 5.41) is 0. The van der Waals surface area contributed by atoms with Gasteiger partial charge in [-0.3, -0.25) is 4.79 Å². The van der Waals surface area contributed by atoms with Crippen LogP contribution in [0.4, 0.5) is 0 Å². The van der Waals surface area contributed by atoms with Gasteiger partial charge in [0, 0.05) is 11.3 Å². The highest BCUT2D eigenvalue weighted by atomic mass is 32.1. The third-order valence-electron chi connectivity index (χ3n) is 2.52. The second-order valence-corrected chi connectivity index (χ2v) is 5.29. The topological polar surface area (TPSA) is 17.1 Å². The van der Waals surface area contributed by atoms with E-state index in [4.69, 9.17) is 0 Å². The van der Waals surface area contributed by atoms with Gasteiger partial charge < -0.3 is 0 Å². The molecule has 1 aromatic heterocycles. The fourth-order valence-electron chi connectivity index (χ4n) is 1.60. The van der Waals surface area contributed by atoms with Gasteiger partial charge in [-0.2, -0.15) is 0 Å². The summed E-state index contributed by atoms with van der Waals surface area (Å²) >= 11 is 1.61. The second-order valence-electron chi connectivity index (χ2n) is 4.00. The third kappa shape index (κ3) is 4.61. The Hall–Kier alpha value is -0.630. The Balaban J connectivity index is 2.19. The monoisotopic (exact) mass is 224 g/mol. The summed E-state index contributed by atoms with van der Waals surface area (Å²) in [5.41, 5.74) is 0. The van der Waals surface area contributed by atoms with E-state index < -0.39 is 0 Å². The van der Waals surface area contributed by atoms with Crippen LogP contribution in [0.5, 0.6) is 0 Å². The van der Waals surface area contributed by atoms with E-state index in [0.717, 1.165) is 17.7 Å². The Morgan fingerprint density at radius 2 is 1.93 bits per heavy atom. The molecular weight excluding hydrogens is 204 g/mol. The largest absolute Gasteiger partial charge is 0.293 e. The van der Waals surface area contributed by atoms with Gasteiger partial charge in [0.25, 0.3) is 0 Å². The molecule has 2 heteroatoms. The van der Waals surface area contributed by atoms with E-state index in [-0.39, 0.29) is 0 Å². The maximum absolute atomic E-state index is 11.7. The molecule has 1 nitrogen and oxygen atoms in total. The zero-order chi connectivity index (χ0) is 11.1. The van der Waals surface area contributed by atoms with Gasteiger partial charge in [0.1, 0.15) is 0 Å². The summed E-state index contributed by atoms with van der Waals surface area (Å²) in [6, 6.07) is 3.98. The maximum Gasteiger partial charge on any atom is 0.172 e. The highest BCUT2D eigenvalue weighted by molar-refractivity contribution is 7.14. The zero-order valence-corrected chi connectivity index (χ0v) is 10.5. The number of carbonyl (C=O) groups is 1. The molecular formula is C13H20OS. The minimum absolute atomic E-state index is 0.324. The van der Waals surface area contributed by atoms with Gasteiger partial charge in [-0.25, -0.2) is 0 Å². The third-order valence-corrected chi connectivity index (χ3v) is 3.56. The summed E-state index contributed by atoms with van der Waals surface area (Å²) in [7, 11) is 0. The molecule has 0 radical (unpaired) electrons. The Morgan fingerprint density at radius 1 is 1.20 bits per heavy atom. The van der Waals surface area contributed by atoms with Crippen molar-refractivity contribution in [2.75, 3.05) is 0 Å². The number of aryl methyl sites for hydroxylation is 1. The van der Waals surface area contributed by atoms with Gasteiger partial charge in [-0.1, -0.05) is 32.6 Å². The molecule has 0 aliphatic heterocycles. The van der Waals surface area contributed by atoms with E-state index in [9.17, 15) is 4.79 Å². The van der Waals surface area contributed by atoms with Crippen molar-refractivity contribution < 1.29 is 4.79 Å². The molecule has 0 saturated carbocycles. The molecule has 0 unspecified atom stereocenters. The number of ketones is 1. The molecule has 0 aliphatic carbocycles. The molecule has 0 aliphatic rings. The van der Waals surface area contributed by atoms with Crippen molar-refractivity contribution in [1.29, 1.82) is 0 Å². The lowest BCUT2D eigenvalue weighted by atomic mass is 10.1. The predicted octanol–water partition coefficient (Wildman–Crippen LogP) is 4.60. The molecule has 1 rings (SSSR count). The summed E-state index contributed by atoms with van der Waals surface area (Å²) < 4.78 is 0. The Morgan fingerprint density at radius 3 is 2.53 bits per heavy atom. The number of Topliss-reactive ketones (excluding diaryl/α,β-unsaturated/α-hetero) is 1. The van der Waals surface area contributed by atoms with Crippen molar-refractivity contribution in [3.63, 3.8) is 0 Å². The maximum atomic E-state index is 11.7. The number of thiophene rings is 1. The molecule has 0 bridgehead atoms. The van der Waals surface area contributed by atoms with Gasteiger partial charge in [0.05, 0.1) is 4.88 Å². The molecule has 84 valence electrons. The van der Waals surface area contributed by atoms with Crippen molar-refractivity contribution in [2.45, 2.75) is 52.4 Å². The fourth-order valence-corrected chi connectivity index (χ4v) is 2.43. The average Bonchev–Trinajstić information content (AvgIpc) is 2.64. The van der Waals surface area contributed by atoms with Crippen LogP contribution >= 0.6 is 11.3 Å². The van der Waals surface area contributed by atoms with Crippen LogP contribution in [0, 0.1) is 6.92 Å². The molecule has 0 saturated heterocycles. The Bertz CT molecular complexity index is 301. The number of rotatable bonds is 7. The Labute approximate surface area is 96.5 Å². The molecule has 1 aromatic rings. The molecule has 0 fully saturated rings. The van der Waals surface area contributed by atoms with Gasteiger partial charge in [0.15, 0.2) is 5.78 Å². The molecule has 0 amide bonds. The van der Waals surface area contributed by atoms with Crippen molar-refractivity contribution in [1.82, 2.24) is 0 Å². The standard InChI is InChI=1S/C13H20OS/c1-3-4-5-6-7-8-12(14)13-10-9-11(2)15-13/h9-10H,3-8H2,1-2H3. The van der Waals surface area contributed by atoms with E-state index in [1.54, 1.807) is 11.3 Å². The van der Waals surface area contributed by atoms with Crippen LogP contribution in [0.25, 0.3) is 0 Å². The Kier molecular flexibility index (Phi) is 5.62. The van der Waals surface area contributed by atoms with Crippen molar-refractivity contribution in [2.24, 2.45) is 0 Å². The van der Waals surface area contributed by atoms with Gasteiger partial charge in [0.2, 0.25) is 0 Å². The minimum atomic E-state index is 0.324. The number of unbranched alkanes of at least 4 members (excludes halogenated alkanes) is 4. The van der Waals surface area contributed by atoms with Crippen LogP contribution in [-0.4, -0.2) is 5.78 Å². The van der Waals surface area contributed by atoms with Gasteiger partial charge in [-0.05, 0) is 25.5 Å². The lowest BCUT2D eigenvalue weighted by Gasteiger charge is -1.98. The normalized spacial score (nSPS) is 10.5. The average molecular weight is 224 g/mol. The lowest BCUT2D eigenvalue weighted by molar-refractivity contribution is 0.0983. The number of carbonyl (C=O) groups excluding carboxylic acids is 1. The number of hydrogen-bond donors (Lipinski definition) is 0. The van der Waals surface area contributed by atoms with Gasteiger partial charge >= 0.3 is 0 Å². The zero-order valence-electron chi connectivity index (χ0n) is 9.71. The number of hydrogen-bond acceptors (Lipinski definition) is 2. The summed E-state index contributed by atoms with van der Waals surface area (Å²) in [6.07, 6.45) is 6.81. The van der Waals surface area contributed by atoms with E-state index >= 15 is 0 Å². The summed E-state index contributed by atoms with van der Waals surface area (Å²) in [6.45, 7) is 4.25. The predicted molar refractivity (Wildman–Crippen MR) is 66.8 cm³/mol. The van der Waals surface area contributed by atoms with Crippen LogP contribution in [0.2, 0.25) is 0 Å². The molecule has 0 N–H and O–H groups in total. The lowest BCUT2D eigenvalue weighted by Crippen LogP contribution is -1.95. The summed E-state index contributed by atoms with van der Waals surface area (Å²) in [4.78, 5) is 13.9. The second kappa shape index (κ2) is 6.78. The highest BCUT2D eigenvalue weighted by Gasteiger charge is 2.07. The first-order valence-corrected chi connectivity index (χ1v) is 6.65.